The minimum Gasteiger partial charge on any atom is -0.496 e. The number of methoxy groups -OCH3 is 1. The molecule has 1 heterocycles. The molecule has 0 bridgehead atoms. The van der Waals surface area contributed by atoms with Crippen molar-refractivity contribution in [3.05, 3.63) is 17.7 Å². The highest BCUT2D eigenvalue weighted by Gasteiger charge is 2.18. The summed E-state index contributed by atoms with van der Waals surface area (Å²) in [4.78, 5) is 12.1. The van der Waals surface area contributed by atoms with Gasteiger partial charge in [0.05, 0.1) is 18.8 Å². The van der Waals surface area contributed by atoms with Gasteiger partial charge in [-0.3, -0.25) is 0 Å². The van der Waals surface area contributed by atoms with Crippen molar-refractivity contribution in [3.63, 3.8) is 0 Å². The lowest BCUT2D eigenvalue weighted by Gasteiger charge is -2.17. The van der Waals surface area contributed by atoms with Gasteiger partial charge in [0.2, 0.25) is 11.9 Å². The first kappa shape index (κ1) is 14.8. The van der Waals surface area contributed by atoms with Crippen LogP contribution in [0.15, 0.2) is 12.1 Å². The summed E-state index contributed by atoms with van der Waals surface area (Å²) >= 11 is 0. The molecular formula is C14H19N5O2. The van der Waals surface area contributed by atoms with E-state index >= 15 is 0 Å². The molecule has 2 aromatic rings. The molecule has 0 fully saturated rings. The number of anilines is 2. The van der Waals surface area contributed by atoms with Crippen LogP contribution in [0.25, 0.3) is 11.4 Å². The van der Waals surface area contributed by atoms with Gasteiger partial charge in [-0.1, -0.05) is 0 Å². The van der Waals surface area contributed by atoms with Gasteiger partial charge in [0.25, 0.3) is 0 Å². The minimum absolute atomic E-state index is 0.00748. The van der Waals surface area contributed by atoms with E-state index in [0.29, 0.717) is 22.9 Å². The van der Waals surface area contributed by atoms with Gasteiger partial charge in [-0.15, -0.1) is 0 Å². The summed E-state index contributed by atoms with van der Waals surface area (Å²) in [6.07, 6.45) is 0.00748. The summed E-state index contributed by atoms with van der Waals surface area (Å²) in [7, 11) is 1.60. The first-order valence-corrected chi connectivity index (χ1v) is 6.54. The molecule has 0 atom stereocenters. The average Bonchev–Trinajstić information content (AvgIpc) is 2.37. The highest BCUT2D eigenvalue weighted by molar-refractivity contribution is 5.72. The van der Waals surface area contributed by atoms with Crippen LogP contribution in [0.4, 0.5) is 11.9 Å². The van der Waals surface area contributed by atoms with Gasteiger partial charge < -0.3 is 20.9 Å². The highest BCUT2D eigenvalue weighted by atomic mass is 16.5. The Hall–Kier alpha value is -2.57. The molecule has 1 aromatic heterocycles. The molecule has 0 amide bonds. The Morgan fingerprint density at radius 1 is 1.00 bits per heavy atom. The van der Waals surface area contributed by atoms with Crippen molar-refractivity contribution in [2.24, 2.45) is 0 Å². The topological polar surface area (TPSA) is 109 Å². The molecule has 7 nitrogen and oxygen atoms in total. The SMILES string of the molecule is COc1ccc(OC(C)C)c(-c2nc(N)nc(N)n2)c1C. The summed E-state index contributed by atoms with van der Waals surface area (Å²) in [6.45, 7) is 5.79. The van der Waals surface area contributed by atoms with Gasteiger partial charge in [0, 0.05) is 5.56 Å². The summed E-state index contributed by atoms with van der Waals surface area (Å²) in [5.41, 5.74) is 12.9. The number of rotatable bonds is 4. The molecule has 0 unspecified atom stereocenters. The van der Waals surface area contributed by atoms with Gasteiger partial charge in [-0.05, 0) is 32.9 Å². The van der Waals surface area contributed by atoms with Crippen LogP contribution in [0.2, 0.25) is 0 Å². The first-order valence-electron chi connectivity index (χ1n) is 6.54. The molecule has 0 saturated heterocycles. The summed E-state index contributed by atoms with van der Waals surface area (Å²) in [5.74, 6) is 1.85. The summed E-state index contributed by atoms with van der Waals surface area (Å²) in [6, 6.07) is 3.65. The quantitative estimate of drug-likeness (QED) is 0.883. The molecule has 2 rings (SSSR count). The molecule has 21 heavy (non-hydrogen) atoms. The number of ether oxygens (including phenoxy) is 2. The van der Waals surface area contributed by atoms with Gasteiger partial charge in [0.15, 0.2) is 5.82 Å². The Labute approximate surface area is 123 Å². The van der Waals surface area contributed by atoms with E-state index in [1.807, 2.05) is 32.9 Å². The molecular weight excluding hydrogens is 270 g/mol. The van der Waals surface area contributed by atoms with Crippen LogP contribution < -0.4 is 20.9 Å². The molecule has 4 N–H and O–H groups in total. The van der Waals surface area contributed by atoms with Crippen molar-refractivity contribution in [3.8, 4) is 22.9 Å². The van der Waals surface area contributed by atoms with Crippen LogP contribution in [-0.4, -0.2) is 28.2 Å². The van der Waals surface area contributed by atoms with E-state index in [2.05, 4.69) is 15.0 Å². The molecule has 0 aliphatic carbocycles. The number of aromatic nitrogens is 3. The van der Waals surface area contributed by atoms with E-state index in [1.165, 1.54) is 0 Å². The lowest BCUT2D eigenvalue weighted by atomic mass is 10.1. The predicted octanol–water partition coefficient (Wildman–Crippen LogP) is 1.81. The number of nitrogens with zero attached hydrogens (tertiary/aromatic N) is 3. The van der Waals surface area contributed by atoms with E-state index in [-0.39, 0.29) is 18.0 Å². The second-order valence-corrected chi connectivity index (χ2v) is 4.81. The van der Waals surface area contributed by atoms with Crippen LogP contribution in [-0.2, 0) is 0 Å². The third-order valence-corrected chi connectivity index (χ3v) is 2.85. The normalized spacial score (nSPS) is 10.7. The Bertz CT molecular complexity index is 638. The van der Waals surface area contributed by atoms with E-state index in [1.54, 1.807) is 7.11 Å². The fraction of sp³-hybridized carbons (Fsp3) is 0.357. The smallest absolute Gasteiger partial charge is 0.225 e. The zero-order valence-electron chi connectivity index (χ0n) is 12.5. The number of nitrogen functional groups attached to an aromatic ring is 2. The number of nitrogens with two attached hydrogens (primary N) is 2. The zero-order chi connectivity index (χ0) is 15.6. The van der Waals surface area contributed by atoms with Gasteiger partial charge >= 0.3 is 0 Å². The standard InChI is InChI=1S/C14H19N5O2/c1-7(2)21-10-6-5-9(20-4)8(3)11(10)12-17-13(15)19-14(16)18-12/h5-7H,1-4H3,(H4,15,16,17,18,19). The molecule has 7 heteroatoms. The maximum absolute atomic E-state index is 5.82. The Balaban J connectivity index is 2.68. The maximum Gasteiger partial charge on any atom is 0.225 e. The van der Waals surface area contributed by atoms with E-state index in [4.69, 9.17) is 20.9 Å². The molecule has 0 radical (unpaired) electrons. The lowest BCUT2D eigenvalue weighted by Crippen LogP contribution is -2.10. The predicted molar refractivity (Wildman–Crippen MR) is 81.1 cm³/mol. The molecule has 112 valence electrons. The molecule has 0 saturated carbocycles. The lowest BCUT2D eigenvalue weighted by molar-refractivity contribution is 0.243. The third kappa shape index (κ3) is 3.13. The van der Waals surface area contributed by atoms with Gasteiger partial charge in [-0.25, -0.2) is 0 Å². The second kappa shape index (κ2) is 5.82. The fourth-order valence-electron chi connectivity index (χ4n) is 2.04. The van der Waals surface area contributed by atoms with Crippen molar-refractivity contribution < 1.29 is 9.47 Å². The summed E-state index contributed by atoms with van der Waals surface area (Å²) < 4.78 is 11.2. The van der Waals surface area contributed by atoms with E-state index in [0.717, 1.165) is 5.56 Å². The van der Waals surface area contributed by atoms with Crippen molar-refractivity contribution in [2.45, 2.75) is 26.9 Å². The Morgan fingerprint density at radius 2 is 1.57 bits per heavy atom. The molecule has 0 spiro atoms. The number of hydrogen-bond acceptors (Lipinski definition) is 7. The largest absolute Gasteiger partial charge is 0.496 e. The monoisotopic (exact) mass is 289 g/mol. The zero-order valence-corrected chi connectivity index (χ0v) is 12.5. The molecule has 0 aliphatic rings. The average molecular weight is 289 g/mol. The van der Waals surface area contributed by atoms with Crippen molar-refractivity contribution in [1.82, 2.24) is 15.0 Å². The number of hydrogen-bond donors (Lipinski definition) is 2. The first-order chi connectivity index (χ1) is 9.92. The summed E-state index contributed by atoms with van der Waals surface area (Å²) in [5, 5.41) is 0. The second-order valence-electron chi connectivity index (χ2n) is 4.81. The molecule has 0 aliphatic heterocycles. The van der Waals surface area contributed by atoms with Crippen LogP contribution >= 0.6 is 0 Å². The van der Waals surface area contributed by atoms with E-state index in [9.17, 15) is 0 Å². The van der Waals surface area contributed by atoms with Crippen molar-refractivity contribution >= 4 is 11.9 Å². The van der Waals surface area contributed by atoms with Crippen LogP contribution in [0.1, 0.15) is 19.4 Å². The van der Waals surface area contributed by atoms with Crippen molar-refractivity contribution in [2.75, 3.05) is 18.6 Å². The van der Waals surface area contributed by atoms with Crippen molar-refractivity contribution in [1.29, 1.82) is 0 Å². The Kier molecular flexibility index (Phi) is 4.11. The maximum atomic E-state index is 5.82. The highest BCUT2D eigenvalue weighted by Crippen LogP contribution is 2.37. The molecule has 1 aromatic carbocycles. The van der Waals surface area contributed by atoms with Gasteiger partial charge in [-0.2, -0.15) is 15.0 Å². The fourth-order valence-corrected chi connectivity index (χ4v) is 2.04. The van der Waals surface area contributed by atoms with Gasteiger partial charge in [0.1, 0.15) is 11.5 Å². The van der Waals surface area contributed by atoms with Crippen LogP contribution in [0, 0.1) is 6.92 Å². The Morgan fingerprint density at radius 3 is 2.10 bits per heavy atom. The van der Waals surface area contributed by atoms with E-state index < -0.39 is 0 Å². The third-order valence-electron chi connectivity index (χ3n) is 2.85. The van der Waals surface area contributed by atoms with Crippen LogP contribution in [0.5, 0.6) is 11.5 Å². The van der Waals surface area contributed by atoms with Crippen LogP contribution in [0.3, 0.4) is 0 Å². The number of benzene rings is 1. The minimum atomic E-state index is 0.00748.